The first-order chi connectivity index (χ1) is 17.0. The number of pyridine rings is 2. The zero-order valence-electron chi connectivity index (χ0n) is 20.3. The minimum absolute atomic E-state index is 0.00969. The molecule has 4 heterocycles. The number of hydrogen-bond acceptors (Lipinski definition) is 8. The van der Waals surface area contributed by atoms with Crippen molar-refractivity contribution in [1.29, 1.82) is 0 Å². The van der Waals surface area contributed by atoms with Gasteiger partial charge in [0.2, 0.25) is 0 Å². The van der Waals surface area contributed by atoms with Crippen LogP contribution in [0.2, 0.25) is 0 Å². The Hall–Kier alpha value is -3.91. The molecular weight excluding hydrogens is 438 g/mol. The maximum absolute atomic E-state index is 13.1. The number of Topliss-reactive ketones (excluding diaryl/α,β-unsaturated/α-hetero) is 1. The monoisotopic (exact) mass is 467 g/mol. The molecule has 35 heavy (non-hydrogen) atoms. The fraction of sp³-hybridized carbons (Fsp3) is 0.296. The first-order valence-electron chi connectivity index (χ1n) is 11.8. The van der Waals surface area contributed by atoms with E-state index in [0.717, 1.165) is 59.7 Å². The van der Waals surface area contributed by atoms with Crippen molar-refractivity contribution in [3.05, 3.63) is 72.3 Å². The van der Waals surface area contributed by atoms with Gasteiger partial charge in [0.25, 0.3) is 0 Å². The van der Waals surface area contributed by atoms with Crippen LogP contribution >= 0.6 is 0 Å². The molecule has 1 aromatic carbocycles. The molecule has 1 fully saturated rings. The van der Waals surface area contributed by atoms with E-state index in [1.54, 1.807) is 12.3 Å². The number of benzene rings is 1. The summed E-state index contributed by atoms with van der Waals surface area (Å²) in [4.78, 5) is 28.5. The van der Waals surface area contributed by atoms with Gasteiger partial charge in [-0.3, -0.25) is 9.78 Å². The Balaban J connectivity index is 1.36. The highest BCUT2D eigenvalue weighted by Gasteiger charge is 2.17. The van der Waals surface area contributed by atoms with Gasteiger partial charge in [-0.25, -0.2) is 4.98 Å². The molecule has 0 radical (unpaired) electrons. The summed E-state index contributed by atoms with van der Waals surface area (Å²) in [5.41, 5.74) is 5.21. The number of anilines is 2. The van der Waals surface area contributed by atoms with E-state index >= 15 is 0 Å². The fourth-order valence-corrected chi connectivity index (χ4v) is 4.25. The highest BCUT2D eigenvalue weighted by Crippen LogP contribution is 2.26. The van der Waals surface area contributed by atoms with Gasteiger partial charge in [0.05, 0.1) is 29.5 Å². The number of ketones is 1. The van der Waals surface area contributed by atoms with Crippen LogP contribution in [0.5, 0.6) is 0 Å². The normalized spacial score (nSPS) is 14.3. The lowest BCUT2D eigenvalue weighted by molar-refractivity contribution is 0.0991. The van der Waals surface area contributed by atoms with Crippen LogP contribution < -0.4 is 9.80 Å². The van der Waals surface area contributed by atoms with Gasteiger partial charge < -0.3 is 14.7 Å². The maximum atomic E-state index is 13.1. The molecular formula is C27H29N7O. The summed E-state index contributed by atoms with van der Waals surface area (Å²) >= 11 is 0. The van der Waals surface area contributed by atoms with E-state index in [2.05, 4.69) is 49.1 Å². The van der Waals surface area contributed by atoms with Gasteiger partial charge in [-0.15, -0.1) is 0 Å². The minimum Gasteiger partial charge on any atom is -0.376 e. The first-order valence-corrected chi connectivity index (χ1v) is 11.8. The fourth-order valence-electron chi connectivity index (χ4n) is 4.25. The van der Waals surface area contributed by atoms with Crippen LogP contribution in [0.3, 0.4) is 0 Å². The molecule has 0 atom stereocenters. The number of carbonyl (C=O) groups is 1. The molecule has 178 valence electrons. The summed E-state index contributed by atoms with van der Waals surface area (Å²) in [6.07, 6.45) is 5.61. The number of aromatic nitrogens is 4. The molecule has 0 unspecified atom stereocenters. The van der Waals surface area contributed by atoms with Crippen LogP contribution in [0.15, 0.2) is 61.1 Å². The predicted molar refractivity (Wildman–Crippen MR) is 139 cm³/mol. The molecule has 0 aliphatic carbocycles. The summed E-state index contributed by atoms with van der Waals surface area (Å²) < 4.78 is 0. The molecule has 0 spiro atoms. The summed E-state index contributed by atoms with van der Waals surface area (Å²) in [5.74, 6) is 0.863. The van der Waals surface area contributed by atoms with Crippen LogP contribution in [0.4, 0.5) is 11.5 Å². The van der Waals surface area contributed by atoms with Crippen molar-refractivity contribution in [2.45, 2.75) is 6.42 Å². The lowest BCUT2D eigenvalue weighted by atomic mass is 10.0. The zero-order chi connectivity index (χ0) is 24.4. The van der Waals surface area contributed by atoms with Crippen molar-refractivity contribution < 1.29 is 4.79 Å². The second kappa shape index (κ2) is 9.76. The molecule has 3 aromatic heterocycles. The van der Waals surface area contributed by atoms with Crippen LogP contribution in [-0.4, -0.2) is 78.2 Å². The van der Waals surface area contributed by atoms with Gasteiger partial charge in [0.15, 0.2) is 5.78 Å². The van der Waals surface area contributed by atoms with Gasteiger partial charge in [-0.1, -0.05) is 6.07 Å². The quantitative estimate of drug-likeness (QED) is 0.400. The molecule has 1 saturated heterocycles. The van der Waals surface area contributed by atoms with Crippen LogP contribution in [0, 0.1) is 0 Å². The minimum atomic E-state index is 0.00969. The van der Waals surface area contributed by atoms with Crippen LogP contribution in [0.1, 0.15) is 16.1 Å². The van der Waals surface area contributed by atoms with Crippen LogP contribution in [-0.2, 0) is 6.42 Å². The van der Waals surface area contributed by atoms with Crippen molar-refractivity contribution in [3.63, 3.8) is 0 Å². The highest BCUT2D eigenvalue weighted by molar-refractivity contribution is 5.98. The number of likely N-dealkylation sites (N-methyl/N-ethyl adjacent to an activating group) is 1. The predicted octanol–water partition coefficient (Wildman–Crippen LogP) is 3.33. The zero-order valence-corrected chi connectivity index (χ0v) is 20.3. The molecule has 5 rings (SSSR count). The third-order valence-electron chi connectivity index (χ3n) is 6.45. The average Bonchev–Trinajstić information content (AvgIpc) is 2.89. The molecule has 8 nitrogen and oxygen atoms in total. The molecule has 8 heteroatoms. The van der Waals surface area contributed by atoms with Gasteiger partial charge in [-0.05, 0) is 49.0 Å². The molecule has 1 aliphatic heterocycles. The van der Waals surface area contributed by atoms with E-state index in [1.165, 1.54) is 0 Å². The highest BCUT2D eigenvalue weighted by atomic mass is 16.1. The van der Waals surface area contributed by atoms with Crippen LogP contribution in [0.25, 0.3) is 22.0 Å². The number of hydrogen-bond donors (Lipinski definition) is 0. The number of carbonyl (C=O) groups excluding carboxylic acids is 1. The Morgan fingerprint density at radius 1 is 0.943 bits per heavy atom. The smallest absolute Gasteiger partial charge is 0.169 e. The Morgan fingerprint density at radius 2 is 1.77 bits per heavy atom. The maximum Gasteiger partial charge on any atom is 0.169 e. The molecule has 0 amide bonds. The summed E-state index contributed by atoms with van der Waals surface area (Å²) in [6.45, 7) is 3.80. The van der Waals surface area contributed by atoms with Crippen molar-refractivity contribution >= 4 is 28.2 Å². The first kappa shape index (κ1) is 22.9. The van der Waals surface area contributed by atoms with Crippen molar-refractivity contribution in [2.75, 3.05) is 57.1 Å². The average molecular weight is 468 g/mol. The Morgan fingerprint density at radius 3 is 2.57 bits per heavy atom. The molecule has 1 aliphatic rings. The second-order valence-corrected chi connectivity index (χ2v) is 9.23. The van der Waals surface area contributed by atoms with E-state index in [0.29, 0.717) is 11.3 Å². The van der Waals surface area contributed by atoms with E-state index in [-0.39, 0.29) is 12.2 Å². The number of piperazine rings is 1. The van der Waals surface area contributed by atoms with E-state index < -0.39 is 0 Å². The number of rotatable bonds is 6. The summed E-state index contributed by atoms with van der Waals surface area (Å²) in [7, 11) is 6.12. The lowest BCUT2D eigenvalue weighted by Gasteiger charge is -2.33. The Bertz CT molecular complexity index is 1360. The third-order valence-corrected chi connectivity index (χ3v) is 6.45. The molecule has 0 bridgehead atoms. The van der Waals surface area contributed by atoms with Gasteiger partial charge >= 0.3 is 0 Å². The van der Waals surface area contributed by atoms with Crippen molar-refractivity contribution in [2.24, 2.45) is 0 Å². The topological polar surface area (TPSA) is 78.4 Å². The molecule has 0 N–H and O–H groups in total. The van der Waals surface area contributed by atoms with Gasteiger partial charge in [0.1, 0.15) is 5.82 Å². The lowest BCUT2D eigenvalue weighted by Crippen LogP contribution is -2.44. The molecule has 4 aromatic rings. The Labute approximate surface area is 205 Å². The van der Waals surface area contributed by atoms with Gasteiger partial charge in [-0.2, -0.15) is 10.2 Å². The third kappa shape index (κ3) is 5.12. The summed E-state index contributed by atoms with van der Waals surface area (Å²) in [6, 6.07) is 13.8. The number of nitrogens with zero attached hydrogens (tertiary/aromatic N) is 7. The largest absolute Gasteiger partial charge is 0.376 e. The number of fused-ring (bicyclic) bond motifs is 1. The second-order valence-electron chi connectivity index (χ2n) is 9.23. The van der Waals surface area contributed by atoms with Crippen molar-refractivity contribution in [3.8, 4) is 11.1 Å². The molecule has 0 saturated carbocycles. The SMILES string of the molecule is CN1CCN(c2cc(C(=O)Cc3cc4cc(-c5cncc(N(C)C)c5)ccc4nn3)ccn2)CC1. The Kier molecular flexibility index (Phi) is 6.37. The van der Waals surface area contributed by atoms with Gasteiger partial charge in [0, 0.05) is 69.2 Å². The van der Waals surface area contributed by atoms with E-state index in [4.69, 9.17) is 0 Å². The van der Waals surface area contributed by atoms with E-state index in [1.807, 2.05) is 55.7 Å². The van der Waals surface area contributed by atoms with E-state index in [9.17, 15) is 4.79 Å². The van der Waals surface area contributed by atoms with Crippen molar-refractivity contribution in [1.82, 2.24) is 25.1 Å². The summed E-state index contributed by atoms with van der Waals surface area (Å²) in [5, 5.41) is 9.61. The standard InChI is InChI=1S/C27H29N7O/c1-32(2)24-14-22(17-28-18-24)19-4-5-25-21(12-19)13-23(30-31-25)16-26(35)20-6-7-29-27(15-20)34-10-8-33(3)9-11-34/h4-7,12-15,17-18H,8-11,16H2,1-3H3.